The maximum Gasteiger partial charge on any atom is 0.254 e. The number of likely N-dealkylation sites (tertiary alicyclic amines) is 1. The number of methoxy groups -OCH3 is 4. The minimum atomic E-state index is -0.0364. The van der Waals surface area contributed by atoms with Crippen LogP contribution in [0.4, 0.5) is 0 Å². The minimum Gasteiger partial charge on any atom is -0.497 e. The quantitative estimate of drug-likeness (QED) is 0.639. The standard InChI is InChI=1S/C24H29NO6/c1-27-18-6-5-7-19(13-18)31-14-20-15-8-9-17(10-15)25(20)24(26)16-11-21(28-2)23(30-4)22(12-16)29-3/h5-7,11-13,15,17,20H,8-10,14H2,1-4H3/t15-,17-,20-/m0/s1. The summed E-state index contributed by atoms with van der Waals surface area (Å²) in [6, 6.07) is 11.2. The van der Waals surface area contributed by atoms with Crippen LogP contribution in [0.3, 0.4) is 0 Å². The van der Waals surface area contributed by atoms with Gasteiger partial charge in [-0.25, -0.2) is 0 Å². The van der Waals surface area contributed by atoms with Gasteiger partial charge in [0.15, 0.2) is 11.5 Å². The highest BCUT2D eigenvalue weighted by molar-refractivity contribution is 5.96. The second-order valence-corrected chi connectivity index (χ2v) is 7.91. The van der Waals surface area contributed by atoms with E-state index in [1.165, 1.54) is 0 Å². The smallest absolute Gasteiger partial charge is 0.254 e. The largest absolute Gasteiger partial charge is 0.497 e. The summed E-state index contributed by atoms with van der Waals surface area (Å²) < 4.78 is 27.6. The highest BCUT2D eigenvalue weighted by atomic mass is 16.5. The van der Waals surface area contributed by atoms with Gasteiger partial charge in [0, 0.05) is 17.7 Å². The first-order valence-corrected chi connectivity index (χ1v) is 10.5. The predicted molar refractivity (Wildman–Crippen MR) is 116 cm³/mol. The van der Waals surface area contributed by atoms with E-state index in [-0.39, 0.29) is 18.0 Å². The van der Waals surface area contributed by atoms with E-state index >= 15 is 0 Å². The molecule has 1 amide bonds. The number of hydrogen-bond donors (Lipinski definition) is 0. The van der Waals surface area contributed by atoms with E-state index < -0.39 is 0 Å². The van der Waals surface area contributed by atoms with E-state index in [1.807, 2.05) is 29.2 Å². The van der Waals surface area contributed by atoms with Crippen molar-refractivity contribution in [2.24, 2.45) is 5.92 Å². The molecule has 1 saturated carbocycles. The Morgan fingerprint density at radius 3 is 2.29 bits per heavy atom. The van der Waals surface area contributed by atoms with Gasteiger partial charge < -0.3 is 28.6 Å². The molecule has 1 aliphatic heterocycles. The second-order valence-electron chi connectivity index (χ2n) is 7.91. The van der Waals surface area contributed by atoms with Gasteiger partial charge >= 0.3 is 0 Å². The van der Waals surface area contributed by atoms with Crippen LogP contribution in [0.5, 0.6) is 28.7 Å². The molecule has 0 aromatic heterocycles. The zero-order valence-electron chi connectivity index (χ0n) is 18.4. The normalized spacial score (nSPS) is 21.7. The summed E-state index contributed by atoms with van der Waals surface area (Å²) in [7, 11) is 6.28. The molecule has 0 unspecified atom stereocenters. The Morgan fingerprint density at radius 2 is 1.65 bits per heavy atom. The molecule has 1 aliphatic carbocycles. The fourth-order valence-corrected chi connectivity index (χ4v) is 4.85. The molecule has 31 heavy (non-hydrogen) atoms. The molecule has 7 heteroatoms. The summed E-state index contributed by atoms with van der Waals surface area (Å²) in [5.74, 6) is 3.31. The molecule has 4 rings (SSSR count). The second kappa shape index (κ2) is 8.96. The molecular weight excluding hydrogens is 398 g/mol. The number of amides is 1. The Kier molecular flexibility index (Phi) is 6.11. The predicted octanol–water partition coefficient (Wildman–Crippen LogP) is 3.79. The van der Waals surface area contributed by atoms with Crippen molar-refractivity contribution >= 4 is 5.91 Å². The van der Waals surface area contributed by atoms with Crippen molar-refractivity contribution in [3.8, 4) is 28.7 Å². The molecule has 7 nitrogen and oxygen atoms in total. The molecule has 0 radical (unpaired) electrons. The number of rotatable bonds is 8. The van der Waals surface area contributed by atoms with E-state index in [1.54, 1.807) is 40.6 Å². The number of ether oxygens (including phenoxy) is 5. The van der Waals surface area contributed by atoms with Crippen molar-refractivity contribution < 1.29 is 28.5 Å². The van der Waals surface area contributed by atoms with E-state index in [4.69, 9.17) is 23.7 Å². The SMILES string of the molecule is COc1cccc(OC[C@H]2[C@H]3CC[C@@H](C3)N2C(=O)c2cc(OC)c(OC)c(OC)c2)c1. The van der Waals surface area contributed by atoms with Crippen LogP contribution in [0.15, 0.2) is 36.4 Å². The topological polar surface area (TPSA) is 66.5 Å². The number of piperidine rings is 1. The van der Waals surface area contributed by atoms with Gasteiger partial charge in [-0.05, 0) is 49.4 Å². The molecule has 166 valence electrons. The highest BCUT2D eigenvalue weighted by Crippen LogP contribution is 2.45. The third-order valence-corrected chi connectivity index (χ3v) is 6.35. The number of fused-ring (bicyclic) bond motifs is 2. The monoisotopic (exact) mass is 427 g/mol. The van der Waals surface area contributed by atoms with Gasteiger partial charge in [-0.15, -0.1) is 0 Å². The summed E-state index contributed by atoms with van der Waals surface area (Å²) in [5, 5.41) is 0. The van der Waals surface area contributed by atoms with Crippen molar-refractivity contribution in [2.75, 3.05) is 35.0 Å². The lowest BCUT2D eigenvalue weighted by Gasteiger charge is -2.35. The summed E-state index contributed by atoms with van der Waals surface area (Å²) in [6.07, 6.45) is 3.16. The summed E-state index contributed by atoms with van der Waals surface area (Å²) >= 11 is 0. The van der Waals surface area contributed by atoms with Crippen molar-refractivity contribution in [2.45, 2.75) is 31.3 Å². The Balaban J connectivity index is 1.57. The Morgan fingerprint density at radius 1 is 0.935 bits per heavy atom. The number of nitrogens with zero attached hydrogens (tertiary/aromatic N) is 1. The maximum atomic E-state index is 13.6. The van der Waals surface area contributed by atoms with Crippen LogP contribution in [0.2, 0.25) is 0 Å². The average Bonchev–Trinajstić information content (AvgIpc) is 3.43. The van der Waals surface area contributed by atoms with Crippen LogP contribution < -0.4 is 23.7 Å². The van der Waals surface area contributed by atoms with Crippen LogP contribution in [0, 0.1) is 5.92 Å². The molecule has 1 saturated heterocycles. The zero-order valence-corrected chi connectivity index (χ0v) is 18.4. The average molecular weight is 427 g/mol. The first-order valence-electron chi connectivity index (χ1n) is 10.5. The van der Waals surface area contributed by atoms with Crippen molar-refractivity contribution in [1.29, 1.82) is 0 Å². The Labute approximate surface area is 182 Å². The molecule has 0 spiro atoms. The molecular formula is C24H29NO6. The number of carbonyl (C=O) groups is 1. The Bertz CT molecular complexity index is 920. The van der Waals surface area contributed by atoms with Crippen LogP contribution in [0.1, 0.15) is 29.6 Å². The van der Waals surface area contributed by atoms with Gasteiger partial charge in [0.2, 0.25) is 5.75 Å². The molecule has 2 bridgehead atoms. The fourth-order valence-electron chi connectivity index (χ4n) is 4.85. The number of hydrogen-bond acceptors (Lipinski definition) is 6. The Hall–Kier alpha value is -3.09. The lowest BCUT2D eigenvalue weighted by atomic mass is 9.98. The summed E-state index contributed by atoms with van der Waals surface area (Å²) in [4.78, 5) is 15.6. The zero-order chi connectivity index (χ0) is 22.0. The summed E-state index contributed by atoms with van der Waals surface area (Å²) in [5.41, 5.74) is 0.522. The highest BCUT2D eigenvalue weighted by Gasteiger charge is 2.48. The lowest BCUT2D eigenvalue weighted by Crippen LogP contribution is -2.47. The van der Waals surface area contributed by atoms with E-state index in [0.29, 0.717) is 35.3 Å². The van der Waals surface area contributed by atoms with Gasteiger partial charge in [0.1, 0.15) is 18.1 Å². The third-order valence-electron chi connectivity index (χ3n) is 6.35. The fraction of sp³-hybridized carbons (Fsp3) is 0.458. The van der Waals surface area contributed by atoms with Crippen LogP contribution in [-0.4, -0.2) is 57.9 Å². The van der Waals surface area contributed by atoms with Crippen molar-refractivity contribution in [1.82, 2.24) is 4.90 Å². The van der Waals surface area contributed by atoms with Gasteiger partial charge in [0.05, 0.1) is 34.5 Å². The summed E-state index contributed by atoms with van der Waals surface area (Å²) in [6.45, 7) is 0.449. The minimum absolute atomic E-state index is 0.0246. The number of benzene rings is 2. The van der Waals surface area contributed by atoms with Gasteiger partial charge in [0.25, 0.3) is 5.91 Å². The first-order chi connectivity index (χ1) is 15.1. The molecule has 2 aromatic rings. The maximum absolute atomic E-state index is 13.6. The van der Waals surface area contributed by atoms with Crippen LogP contribution in [-0.2, 0) is 0 Å². The van der Waals surface area contributed by atoms with Crippen LogP contribution in [0.25, 0.3) is 0 Å². The first kappa shape index (κ1) is 21.2. The van der Waals surface area contributed by atoms with Crippen molar-refractivity contribution in [3.63, 3.8) is 0 Å². The van der Waals surface area contributed by atoms with Gasteiger partial charge in [-0.3, -0.25) is 4.79 Å². The molecule has 2 aromatic carbocycles. The molecule has 2 fully saturated rings. The number of carbonyl (C=O) groups excluding carboxylic acids is 1. The molecule has 0 N–H and O–H groups in total. The van der Waals surface area contributed by atoms with E-state index in [0.717, 1.165) is 30.8 Å². The van der Waals surface area contributed by atoms with Gasteiger partial charge in [-0.1, -0.05) is 6.07 Å². The van der Waals surface area contributed by atoms with Gasteiger partial charge in [-0.2, -0.15) is 0 Å². The van der Waals surface area contributed by atoms with Crippen molar-refractivity contribution in [3.05, 3.63) is 42.0 Å². The molecule has 3 atom stereocenters. The molecule has 1 heterocycles. The van der Waals surface area contributed by atoms with E-state index in [9.17, 15) is 4.79 Å². The van der Waals surface area contributed by atoms with Crippen LogP contribution >= 0.6 is 0 Å². The lowest BCUT2D eigenvalue weighted by molar-refractivity contribution is 0.0505. The van der Waals surface area contributed by atoms with E-state index in [2.05, 4.69) is 0 Å². The third kappa shape index (κ3) is 3.96. The molecule has 2 aliphatic rings.